The van der Waals surface area contributed by atoms with Gasteiger partial charge in [0.15, 0.2) is 0 Å². The Bertz CT molecular complexity index is 843. The largest absolute Gasteiger partial charge is 0.255 e. The fourth-order valence-electron chi connectivity index (χ4n) is 2.52. The number of aromatic nitrogens is 2. The van der Waals surface area contributed by atoms with E-state index in [9.17, 15) is 0 Å². The number of nitrogens with zero attached hydrogens (tertiary/aromatic N) is 2. The molecule has 0 aliphatic heterocycles. The van der Waals surface area contributed by atoms with Crippen molar-refractivity contribution in [1.29, 1.82) is 0 Å². The minimum absolute atomic E-state index is 0.892. The first-order valence-corrected chi connectivity index (χ1v) is 8.31. The van der Waals surface area contributed by atoms with Crippen molar-refractivity contribution in [1.82, 2.24) is 9.97 Å². The molecular formula is C20H14N2S. The molecular weight excluding hydrogens is 300 g/mol. The maximum atomic E-state index is 4.83. The number of benzene rings is 1. The molecule has 2 nitrogen and oxygen atoms in total. The van der Waals surface area contributed by atoms with Gasteiger partial charge in [0.2, 0.25) is 0 Å². The molecule has 0 spiro atoms. The smallest absolute Gasteiger partial charge is 0.0900 e. The minimum atomic E-state index is 0.892. The van der Waals surface area contributed by atoms with E-state index in [1.54, 1.807) is 17.5 Å². The first kappa shape index (κ1) is 13.9. The van der Waals surface area contributed by atoms with E-state index < -0.39 is 0 Å². The third kappa shape index (κ3) is 2.91. The molecule has 0 saturated carbocycles. The molecule has 0 fully saturated rings. The summed E-state index contributed by atoms with van der Waals surface area (Å²) in [5.41, 5.74) is 5.05. The number of rotatable bonds is 3. The molecule has 23 heavy (non-hydrogen) atoms. The molecule has 1 aromatic carbocycles. The average Bonchev–Trinajstić information content (AvgIpc) is 3.18. The monoisotopic (exact) mass is 314 g/mol. The van der Waals surface area contributed by atoms with Crippen molar-refractivity contribution < 1.29 is 0 Å². The van der Waals surface area contributed by atoms with Crippen LogP contribution >= 0.6 is 11.3 Å². The van der Waals surface area contributed by atoms with Crippen LogP contribution in [0.1, 0.15) is 0 Å². The molecule has 4 aromatic rings. The summed E-state index contributed by atoms with van der Waals surface area (Å²) in [6.45, 7) is 0. The fourth-order valence-corrected chi connectivity index (χ4v) is 3.23. The third-order valence-corrected chi connectivity index (χ3v) is 4.55. The van der Waals surface area contributed by atoms with Gasteiger partial charge in [-0.15, -0.1) is 11.3 Å². The van der Waals surface area contributed by atoms with E-state index in [0.717, 1.165) is 22.6 Å². The van der Waals surface area contributed by atoms with Gasteiger partial charge in [0.05, 0.1) is 17.1 Å². The Morgan fingerprint density at radius 2 is 1.48 bits per heavy atom. The van der Waals surface area contributed by atoms with Gasteiger partial charge in [-0.25, -0.2) is 4.98 Å². The average molecular weight is 314 g/mol. The highest BCUT2D eigenvalue weighted by molar-refractivity contribution is 7.13. The summed E-state index contributed by atoms with van der Waals surface area (Å²) in [6.07, 6.45) is 1.80. The Morgan fingerprint density at radius 1 is 0.652 bits per heavy atom. The Kier molecular flexibility index (Phi) is 3.70. The lowest BCUT2D eigenvalue weighted by Crippen LogP contribution is -1.91. The normalized spacial score (nSPS) is 10.6. The lowest BCUT2D eigenvalue weighted by Gasteiger charge is -2.08. The Labute approximate surface area is 139 Å². The fraction of sp³-hybridized carbons (Fsp3) is 0. The predicted octanol–water partition coefficient (Wildman–Crippen LogP) is 5.54. The van der Waals surface area contributed by atoms with Crippen LogP contribution in [0, 0.1) is 0 Å². The quantitative estimate of drug-likeness (QED) is 0.496. The lowest BCUT2D eigenvalue weighted by molar-refractivity contribution is 1.25. The molecule has 0 aliphatic carbocycles. The van der Waals surface area contributed by atoms with Gasteiger partial charge in [-0.05, 0) is 41.3 Å². The molecule has 0 saturated heterocycles. The SMILES string of the molecule is c1ccc(-c2cc(-c3cccs3)cc(-c3ccccn3)n2)cc1. The summed E-state index contributed by atoms with van der Waals surface area (Å²) in [7, 11) is 0. The van der Waals surface area contributed by atoms with Gasteiger partial charge in [-0.3, -0.25) is 4.98 Å². The van der Waals surface area contributed by atoms with Gasteiger partial charge in [0.25, 0.3) is 0 Å². The zero-order valence-corrected chi connectivity index (χ0v) is 13.2. The summed E-state index contributed by atoms with van der Waals surface area (Å²) in [6, 6.07) is 24.6. The van der Waals surface area contributed by atoms with Crippen LogP contribution in [0.2, 0.25) is 0 Å². The Hall–Kier alpha value is -2.78. The van der Waals surface area contributed by atoms with Crippen LogP contribution in [-0.4, -0.2) is 9.97 Å². The molecule has 0 atom stereocenters. The molecule has 110 valence electrons. The van der Waals surface area contributed by atoms with Gasteiger partial charge in [-0.1, -0.05) is 42.5 Å². The lowest BCUT2D eigenvalue weighted by atomic mass is 10.1. The van der Waals surface area contributed by atoms with Crippen LogP contribution in [0.25, 0.3) is 33.1 Å². The van der Waals surface area contributed by atoms with Crippen molar-refractivity contribution in [2.75, 3.05) is 0 Å². The maximum Gasteiger partial charge on any atom is 0.0900 e. The second-order valence-electron chi connectivity index (χ2n) is 5.18. The van der Waals surface area contributed by atoms with Gasteiger partial charge < -0.3 is 0 Å². The molecule has 0 amide bonds. The van der Waals surface area contributed by atoms with Crippen molar-refractivity contribution >= 4 is 11.3 Å². The van der Waals surface area contributed by atoms with E-state index in [1.165, 1.54) is 10.4 Å². The van der Waals surface area contributed by atoms with Crippen molar-refractivity contribution in [3.05, 3.63) is 84.4 Å². The molecule has 0 bridgehead atoms. The Morgan fingerprint density at radius 3 is 2.22 bits per heavy atom. The molecule has 4 rings (SSSR count). The highest BCUT2D eigenvalue weighted by Gasteiger charge is 2.09. The molecule has 3 aromatic heterocycles. The van der Waals surface area contributed by atoms with Gasteiger partial charge in [0, 0.05) is 16.6 Å². The second kappa shape index (κ2) is 6.15. The summed E-state index contributed by atoms with van der Waals surface area (Å²) in [4.78, 5) is 10.5. The summed E-state index contributed by atoms with van der Waals surface area (Å²) in [5.74, 6) is 0. The predicted molar refractivity (Wildman–Crippen MR) is 96.2 cm³/mol. The van der Waals surface area contributed by atoms with E-state index in [1.807, 2.05) is 36.4 Å². The number of hydrogen-bond donors (Lipinski definition) is 0. The highest BCUT2D eigenvalue weighted by atomic mass is 32.1. The molecule has 0 radical (unpaired) electrons. The second-order valence-corrected chi connectivity index (χ2v) is 6.13. The highest BCUT2D eigenvalue weighted by Crippen LogP contribution is 2.31. The van der Waals surface area contributed by atoms with Crippen LogP contribution in [0.5, 0.6) is 0 Å². The molecule has 0 unspecified atom stereocenters. The summed E-state index contributed by atoms with van der Waals surface area (Å²) >= 11 is 1.74. The van der Waals surface area contributed by atoms with Crippen LogP contribution in [-0.2, 0) is 0 Å². The van der Waals surface area contributed by atoms with Crippen molar-refractivity contribution in [3.8, 4) is 33.1 Å². The molecule has 3 heteroatoms. The Balaban J connectivity index is 1.91. The van der Waals surface area contributed by atoms with Crippen LogP contribution in [0.4, 0.5) is 0 Å². The van der Waals surface area contributed by atoms with Crippen molar-refractivity contribution in [2.45, 2.75) is 0 Å². The third-order valence-electron chi connectivity index (χ3n) is 3.63. The van der Waals surface area contributed by atoms with Crippen LogP contribution < -0.4 is 0 Å². The number of thiophene rings is 1. The minimum Gasteiger partial charge on any atom is -0.255 e. The summed E-state index contributed by atoms with van der Waals surface area (Å²) in [5, 5.41) is 2.10. The van der Waals surface area contributed by atoms with Crippen molar-refractivity contribution in [3.63, 3.8) is 0 Å². The first-order valence-electron chi connectivity index (χ1n) is 7.43. The maximum absolute atomic E-state index is 4.83. The molecule has 3 heterocycles. The first-order chi connectivity index (χ1) is 11.4. The topological polar surface area (TPSA) is 25.8 Å². The van der Waals surface area contributed by atoms with E-state index in [4.69, 9.17) is 4.98 Å². The number of pyridine rings is 2. The van der Waals surface area contributed by atoms with Gasteiger partial charge >= 0.3 is 0 Å². The van der Waals surface area contributed by atoms with E-state index in [-0.39, 0.29) is 0 Å². The zero-order chi connectivity index (χ0) is 15.5. The van der Waals surface area contributed by atoms with E-state index in [2.05, 4.69) is 46.8 Å². The van der Waals surface area contributed by atoms with Crippen LogP contribution in [0.15, 0.2) is 84.4 Å². The van der Waals surface area contributed by atoms with Crippen LogP contribution in [0.3, 0.4) is 0 Å². The number of hydrogen-bond acceptors (Lipinski definition) is 3. The van der Waals surface area contributed by atoms with E-state index >= 15 is 0 Å². The molecule has 0 aliphatic rings. The van der Waals surface area contributed by atoms with Gasteiger partial charge in [-0.2, -0.15) is 0 Å². The molecule has 0 N–H and O–H groups in total. The van der Waals surface area contributed by atoms with Crippen molar-refractivity contribution in [2.24, 2.45) is 0 Å². The zero-order valence-electron chi connectivity index (χ0n) is 12.4. The standard InChI is InChI=1S/C20H14N2S/c1-2-7-15(8-3-1)18-13-16(20-10-6-12-23-20)14-19(22-18)17-9-4-5-11-21-17/h1-14H. The van der Waals surface area contributed by atoms with Gasteiger partial charge in [0.1, 0.15) is 0 Å². The van der Waals surface area contributed by atoms with E-state index in [0.29, 0.717) is 0 Å². The summed E-state index contributed by atoms with van der Waals surface area (Å²) < 4.78 is 0.